The number of hydrogen-bond acceptors (Lipinski definition) is 2. The SMILES string of the molecule is Cc1cc(Br)c(NCc2cn(C)nc2C)c(Br)c1. The minimum atomic E-state index is 0.764. The van der Waals surface area contributed by atoms with Crippen LogP contribution in [0.5, 0.6) is 0 Å². The molecule has 1 aromatic carbocycles. The van der Waals surface area contributed by atoms with E-state index in [1.807, 2.05) is 24.9 Å². The number of aromatic nitrogens is 2. The Bertz CT molecular complexity index is 553. The summed E-state index contributed by atoms with van der Waals surface area (Å²) in [5, 5.41) is 7.77. The van der Waals surface area contributed by atoms with E-state index < -0.39 is 0 Å². The van der Waals surface area contributed by atoms with Gasteiger partial charge >= 0.3 is 0 Å². The maximum atomic E-state index is 4.34. The lowest BCUT2D eigenvalue weighted by molar-refractivity contribution is 0.756. The van der Waals surface area contributed by atoms with Crippen LogP contribution in [0.1, 0.15) is 16.8 Å². The van der Waals surface area contributed by atoms with Gasteiger partial charge in [0.2, 0.25) is 0 Å². The molecule has 0 aliphatic carbocycles. The van der Waals surface area contributed by atoms with E-state index in [2.05, 4.69) is 61.3 Å². The molecular weight excluding hydrogens is 358 g/mol. The van der Waals surface area contributed by atoms with Crippen LogP contribution in [0.25, 0.3) is 0 Å². The van der Waals surface area contributed by atoms with Gasteiger partial charge in [-0.2, -0.15) is 5.10 Å². The molecule has 96 valence electrons. The molecule has 0 spiro atoms. The molecule has 1 aromatic heterocycles. The highest BCUT2D eigenvalue weighted by atomic mass is 79.9. The summed E-state index contributed by atoms with van der Waals surface area (Å²) in [7, 11) is 1.94. The van der Waals surface area contributed by atoms with E-state index in [1.165, 1.54) is 11.1 Å². The zero-order valence-corrected chi connectivity index (χ0v) is 13.8. The van der Waals surface area contributed by atoms with Crippen molar-refractivity contribution in [2.45, 2.75) is 20.4 Å². The van der Waals surface area contributed by atoms with Crippen LogP contribution in [0.4, 0.5) is 5.69 Å². The van der Waals surface area contributed by atoms with E-state index in [1.54, 1.807) is 0 Å². The molecule has 1 N–H and O–H groups in total. The average molecular weight is 373 g/mol. The van der Waals surface area contributed by atoms with Crippen LogP contribution < -0.4 is 5.32 Å². The minimum absolute atomic E-state index is 0.764. The van der Waals surface area contributed by atoms with E-state index >= 15 is 0 Å². The van der Waals surface area contributed by atoms with Gasteiger partial charge in [0.05, 0.1) is 11.4 Å². The van der Waals surface area contributed by atoms with E-state index in [0.29, 0.717) is 0 Å². The Morgan fingerprint density at radius 1 is 1.22 bits per heavy atom. The summed E-state index contributed by atoms with van der Waals surface area (Å²) in [6.45, 7) is 4.86. The second-order valence-corrected chi connectivity index (χ2v) is 6.08. The Morgan fingerprint density at radius 3 is 2.33 bits per heavy atom. The predicted octanol–water partition coefficient (Wildman–Crippen LogP) is 4.17. The van der Waals surface area contributed by atoms with Gasteiger partial charge in [0.1, 0.15) is 0 Å². The monoisotopic (exact) mass is 371 g/mol. The standard InChI is InChI=1S/C13H15Br2N3/c1-8-4-11(14)13(12(15)5-8)16-6-10-7-18(3)17-9(10)2/h4-5,7,16H,6H2,1-3H3. The molecule has 0 unspecified atom stereocenters. The molecule has 1 heterocycles. The first-order valence-corrected chi connectivity index (χ1v) is 7.24. The number of nitrogens with zero attached hydrogens (tertiary/aromatic N) is 2. The highest BCUT2D eigenvalue weighted by Crippen LogP contribution is 2.32. The van der Waals surface area contributed by atoms with Crippen molar-refractivity contribution in [3.63, 3.8) is 0 Å². The molecular formula is C13H15Br2N3. The fraction of sp³-hybridized carbons (Fsp3) is 0.308. The van der Waals surface area contributed by atoms with Crippen molar-refractivity contribution in [2.24, 2.45) is 7.05 Å². The van der Waals surface area contributed by atoms with Crippen LogP contribution in [0, 0.1) is 13.8 Å². The minimum Gasteiger partial charge on any atom is -0.379 e. The van der Waals surface area contributed by atoms with E-state index in [4.69, 9.17) is 0 Å². The van der Waals surface area contributed by atoms with Crippen LogP contribution in [0.3, 0.4) is 0 Å². The number of hydrogen-bond donors (Lipinski definition) is 1. The van der Waals surface area contributed by atoms with Crippen LogP contribution in [0.2, 0.25) is 0 Å². The molecule has 2 rings (SSSR count). The number of halogens is 2. The van der Waals surface area contributed by atoms with Gasteiger partial charge in [0.15, 0.2) is 0 Å². The first-order valence-electron chi connectivity index (χ1n) is 5.66. The molecule has 0 aliphatic rings. The largest absolute Gasteiger partial charge is 0.379 e. The second-order valence-electron chi connectivity index (χ2n) is 4.37. The smallest absolute Gasteiger partial charge is 0.0643 e. The lowest BCUT2D eigenvalue weighted by atomic mass is 10.2. The molecule has 0 fully saturated rings. The third kappa shape index (κ3) is 2.95. The number of nitrogens with one attached hydrogen (secondary N) is 1. The molecule has 2 aromatic rings. The van der Waals surface area contributed by atoms with E-state index in [-0.39, 0.29) is 0 Å². The van der Waals surface area contributed by atoms with Crippen molar-refractivity contribution in [1.29, 1.82) is 0 Å². The Balaban J connectivity index is 2.18. The summed E-state index contributed by atoms with van der Waals surface area (Å²) < 4.78 is 3.97. The van der Waals surface area contributed by atoms with Gasteiger partial charge in [-0.3, -0.25) is 4.68 Å². The van der Waals surface area contributed by atoms with Gasteiger partial charge in [-0.15, -0.1) is 0 Å². The Hall–Kier alpha value is -0.810. The van der Waals surface area contributed by atoms with Crippen molar-refractivity contribution >= 4 is 37.5 Å². The van der Waals surface area contributed by atoms with Gasteiger partial charge in [0.25, 0.3) is 0 Å². The molecule has 5 heteroatoms. The zero-order valence-electron chi connectivity index (χ0n) is 10.6. The summed E-state index contributed by atoms with van der Waals surface area (Å²) in [5.74, 6) is 0. The lowest BCUT2D eigenvalue weighted by Crippen LogP contribution is -2.01. The summed E-state index contributed by atoms with van der Waals surface area (Å²) in [6, 6.07) is 4.20. The molecule has 0 bridgehead atoms. The van der Waals surface area contributed by atoms with Crippen molar-refractivity contribution in [2.75, 3.05) is 5.32 Å². The fourth-order valence-electron chi connectivity index (χ4n) is 1.87. The van der Waals surface area contributed by atoms with Crippen molar-refractivity contribution in [3.8, 4) is 0 Å². The number of aryl methyl sites for hydroxylation is 3. The lowest BCUT2D eigenvalue weighted by Gasteiger charge is -2.11. The molecule has 18 heavy (non-hydrogen) atoms. The molecule has 0 saturated carbocycles. The van der Waals surface area contributed by atoms with Crippen molar-refractivity contribution in [1.82, 2.24) is 9.78 Å². The first kappa shape index (κ1) is 13.6. The van der Waals surface area contributed by atoms with Crippen LogP contribution in [0.15, 0.2) is 27.3 Å². The first-order chi connectivity index (χ1) is 8.47. The van der Waals surface area contributed by atoms with Crippen LogP contribution >= 0.6 is 31.9 Å². The third-order valence-corrected chi connectivity index (χ3v) is 4.01. The molecule has 0 amide bonds. The van der Waals surface area contributed by atoms with Crippen molar-refractivity contribution < 1.29 is 0 Å². The third-order valence-electron chi connectivity index (χ3n) is 2.76. The fourth-order valence-corrected chi connectivity index (χ4v) is 3.57. The molecule has 0 saturated heterocycles. The maximum absolute atomic E-state index is 4.34. The van der Waals surface area contributed by atoms with Gasteiger partial charge < -0.3 is 5.32 Å². The maximum Gasteiger partial charge on any atom is 0.0643 e. The second kappa shape index (κ2) is 5.45. The highest BCUT2D eigenvalue weighted by molar-refractivity contribution is 9.11. The molecule has 0 aliphatic heterocycles. The summed E-state index contributed by atoms with van der Waals surface area (Å²) in [4.78, 5) is 0. The van der Waals surface area contributed by atoms with Gasteiger partial charge in [-0.1, -0.05) is 0 Å². The van der Waals surface area contributed by atoms with Crippen molar-refractivity contribution in [3.05, 3.63) is 44.1 Å². The highest BCUT2D eigenvalue weighted by Gasteiger charge is 2.08. The molecule has 3 nitrogen and oxygen atoms in total. The Labute approximate surface area is 124 Å². The van der Waals surface area contributed by atoms with E-state index in [9.17, 15) is 0 Å². The van der Waals surface area contributed by atoms with Gasteiger partial charge in [-0.05, 0) is 63.4 Å². The molecule has 0 atom stereocenters. The number of rotatable bonds is 3. The van der Waals surface area contributed by atoms with E-state index in [0.717, 1.165) is 26.9 Å². The Kier molecular flexibility index (Phi) is 4.12. The average Bonchev–Trinajstić information content (AvgIpc) is 2.55. The van der Waals surface area contributed by atoms with Crippen LogP contribution in [-0.2, 0) is 13.6 Å². The summed E-state index contributed by atoms with van der Waals surface area (Å²) in [6.07, 6.45) is 2.04. The number of benzene rings is 1. The normalized spacial score (nSPS) is 10.7. The summed E-state index contributed by atoms with van der Waals surface area (Å²) in [5.41, 5.74) is 4.56. The number of anilines is 1. The molecule has 0 radical (unpaired) electrons. The topological polar surface area (TPSA) is 29.9 Å². The van der Waals surface area contributed by atoms with Gasteiger partial charge in [-0.25, -0.2) is 0 Å². The van der Waals surface area contributed by atoms with Gasteiger partial charge in [0, 0.05) is 34.3 Å². The predicted molar refractivity (Wildman–Crippen MR) is 81.9 cm³/mol. The zero-order chi connectivity index (χ0) is 13.3. The Morgan fingerprint density at radius 2 is 1.83 bits per heavy atom. The van der Waals surface area contributed by atoms with Crippen LogP contribution in [-0.4, -0.2) is 9.78 Å². The summed E-state index contributed by atoms with van der Waals surface area (Å²) >= 11 is 7.16. The quantitative estimate of drug-likeness (QED) is 0.875.